The molecular formula is C75H110F8O2. The summed E-state index contributed by atoms with van der Waals surface area (Å²) in [6, 6.07) is 40.1. The van der Waals surface area contributed by atoms with Crippen molar-refractivity contribution >= 4 is 16.6 Å². The van der Waals surface area contributed by atoms with Crippen molar-refractivity contribution in [1.82, 2.24) is 0 Å². The van der Waals surface area contributed by atoms with Crippen LogP contribution in [0.4, 0.5) is 35.1 Å². The first kappa shape index (κ1) is 87.6. The average Bonchev–Trinajstić information content (AvgIpc) is 2.33. The molecule has 0 saturated heterocycles. The third-order valence-corrected chi connectivity index (χ3v) is 13.4. The molecule has 0 atom stereocenters. The van der Waals surface area contributed by atoms with Crippen molar-refractivity contribution in [2.75, 3.05) is 28.1 Å². The zero-order valence-electron chi connectivity index (χ0n) is 55.4. The van der Waals surface area contributed by atoms with Crippen LogP contribution in [0.1, 0.15) is 170 Å². The van der Waals surface area contributed by atoms with E-state index in [4.69, 9.17) is 0 Å². The Morgan fingerprint density at radius 2 is 0.553 bits per heavy atom. The quantitative estimate of drug-likeness (QED) is 0.165. The number of hydrogen-bond acceptors (Lipinski definition) is 2. The van der Waals surface area contributed by atoms with Gasteiger partial charge < -0.3 is 9.53 Å². The molecule has 478 valence electrons. The molecule has 0 aliphatic rings. The smallest absolute Gasteiger partial charge is 0.388 e. The molecule has 0 aliphatic heterocycles. The Morgan fingerprint density at radius 3 is 0.729 bits per heavy atom. The minimum absolute atomic E-state index is 0. The number of aryl methyl sites for hydroxylation is 16. The van der Waals surface area contributed by atoms with Crippen LogP contribution in [0.5, 0.6) is 0 Å². The highest BCUT2D eigenvalue weighted by Gasteiger charge is 2.64. The average molecular weight is 1200 g/mol. The number of carbonyl (C=O) groups is 1. The summed E-state index contributed by atoms with van der Waals surface area (Å²) in [7, 11) is 3.75. The van der Waals surface area contributed by atoms with E-state index in [2.05, 4.69) is 239 Å². The third kappa shape index (κ3) is 32.3. The largest absolute Gasteiger partial charge is 0.402 e. The van der Waals surface area contributed by atoms with E-state index in [0.29, 0.717) is 7.18 Å². The van der Waals surface area contributed by atoms with Crippen LogP contribution in [0, 0.1) is 116 Å². The van der Waals surface area contributed by atoms with Crippen molar-refractivity contribution in [2.45, 2.75) is 199 Å². The maximum Gasteiger partial charge on any atom is 0.402 e. The van der Waals surface area contributed by atoms with E-state index in [1.807, 2.05) is 0 Å². The molecule has 0 unspecified atom stereocenters. The van der Waals surface area contributed by atoms with E-state index < -0.39 is 17.8 Å². The molecule has 7 aromatic carbocycles. The fraction of sp³-hybridized carbons (Fsp3) is 0.453. The molecular weight excluding hydrogens is 1080 g/mol. The molecule has 0 radical (unpaired) electrons. The Balaban J connectivity index is -0.000000297. The van der Waals surface area contributed by atoms with E-state index >= 15 is 0 Å². The number of hydrogen-bond donors (Lipinski definition) is 0. The number of rotatable bonds is 3. The first-order chi connectivity index (χ1) is 38.3. The first-order valence-corrected chi connectivity index (χ1v) is 28.1. The minimum Gasteiger partial charge on any atom is -0.388 e. The zero-order valence-corrected chi connectivity index (χ0v) is 55.4. The summed E-state index contributed by atoms with van der Waals surface area (Å²) in [4.78, 5) is 9.44. The van der Waals surface area contributed by atoms with Gasteiger partial charge in [0.1, 0.15) is 5.78 Å². The summed E-state index contributed by atoms with van der Waals surface area (Å²) in [5.74, 6) is 0.167. The molecule has 0 spiro atoms. The third-order valence-electron chi connectivity index (χ3n) is 13.4. The van der Waals surface area contributed by atoms with Gasteiger partial charge in [-0.3, -0.25) is 8.78 Å². The number of fused-ring (bicyclic) bond motifs is 1. The van der Waals surface area contributed by atoms with Gasteiger partial charge in [-0.05, 0) is 274 Å². The van der Waals surface area contributed by atoms with Crippen molar-refractivity contribution < 1.29 is 44.7 Å². The normalized spacial score (nSPS) is 10.0. The van der Waals surface area contributed by atoms with E-state index in [9.17, 15) is 39.9 Å². The van der Waals surface area contributed by atoms with Crippen LogP contribution in [0.25, 0.3) is 21.9 Å². The lowest BCUT2D eigenvalue weighted by Gasteiger charge is -2.29. The summed E-state index contributed by atoms with van der Waals surface area (Å²) >= 11 is 0. The molecule has 0 heterocycles. The van der Waals surface area contributed by atoms with Crippen LogP contribution in [-0.4, -0.2) is 46.2 Å². The lowest BCUT2D eigenvalue weighted by molar-refractivity contribution is -0.327. The fourth-order valence-corrected chi connectivity index (χ4v) is 7.41. The Hall–Kier alpha value is -6.13. The molecule has 0 aromatic heterocycles. The van der Waals surface area contributed by atoms with Crippen molar-refractivity contribution in [3.05, 3.63) is 209 Å². The highest BCUT2D eigenvalue weighted by atomic mass is 19.4. The number of methoxy groups -OCH3 is 1. The minimum atomic E-state index is -5.24. The van der Waals surface area contributed by atoms with Gasteiger partial charge in [0.2, 0.25) is 0 Å². The Bertz CT molecular complexity index is 2730. The monoisotopic (exact) mass is 1190 g/mol. The van der Waals surface area contributed by atoms with Gasteiger partial charge in [0, 0.05) is 14.2 Å². The van der Waals surface area contributed by atoms with Crippen LogP contribution < -0.4 is 0 Å². The van der Waals surface area contributed by atoms with Crippen molar-refractivity contribution in [3.63, 3.8) is 0 Å². The van der Waals surface area contributed by atoms with Crippen molar-refractivity contribution in [2.24, 2.45) is 5.41 Å². The molecule has 2 nitrogen and oxygen atoms in total. The highest BCUT2D eigenvalue weighted by Crippen LogP contribution is 2.49. The number of Topliss-reactive ketones (excluding diaryl/α,β-unsaturated/α-hetero) is 1. The SMILES string of the molecule is C.C.CC(C)(C(F)(F)F)C(F)(F)F.CC(C)=O.CCC.CCF.CF.COC.Cc1cc(C)c(C)cc1C.Cc1ccc(-c2ccc(C)c(C)c2)cc1C.Cc1ccc(C)c2c(C)ccc(C)c12.Cc1ccc(Cc2ccc(C)c(C)c2)cc1C. The number of ketones is 1. The number of carbonyl (C=O) groups excluding carboxylic acids is 1. The summed E-state index contributed by atoms with van der Waals surface area (Å²) in [5, 5.41) is 2.87. The van der Waals surface area contributed by atoms with Gasteiger partial charge in [0.15, 0.2) is 5.41 Å². The maximum atomic E-state index is 11.6. The van der Waals surface area contributed by atoms with Crippen LogP contribution in [0.15, 0.2) is 109 Å². The van der Waals surface area contributed by atoms with Gasteiger partial charge in [-0.2, -0.15) is 26.3 Å². The van der Waals surface area contributed by atoms with Crippen LogP contribution in [0.2, 0.25) is 0 Å². The molecule has 0 bridgehead atoms. The Morgan fingerprint density at radius 1 is 0.376 bits per heavy atom. The maximum absolute atomic E-state index is 11.6. The van der Waals surface area contributed by atoms with Crippen LogP contribution >= 0.6 is 0 Å². The van der Waals surface area contributed by atoms with Gasteiger partial charge in [0.25, 0.3) is 0 Å². The number of alkyl halides is 8. The zero-order chi connectivity index (χ0) is 65.3. The molecule has 0 N–H and O–H groups in total. The second-order valence-electron chi connectivity index (χ2n) is 21.7. The summed E-state index contributed by atoms with van der Waals surface area (Å²) in [6.07, 6.45) is -8.21. The summed E-state index contributed by atoms with van der Waals surface area (Å²) < 4.78 is 93.7. The Labute approximate surface area is 512 Å². The number of ether oxygens (including phenoxy) is 1. The molecule has 0 fully saturated rings. The van der Waals surface area contributed by atoms with Gasteiger partial charge >= 0.3 is 12.4 Å². The predicted molar refractivity (Wildman–Crippen MR) is 357 cm³/mol. The lowest BCUT2D eigenvalue weighted by Crippen LogP contribution is -2.44. The van der Waals surface area contributed by atoms with Crippen LogP contribution in [-0.2, 0) is 16.0 Å². The standard InChI is InChI=1S/C17H20.C16H18.C14H16.C10H14.C5H6F6.C3H6O.C3H8.C2H5F.C2H6O.CH3F.2CH4/c1-12-5-7-16(9-14(12)3)11-17-8-6-13(2)15(4)10-17;1-11-5-7-15(9-13(11)3)16-8-6-12(2)14(4)10-16;1-9-5-6-11(3)14-12(4)8-7-10(2)13(9)14;1-7-5-9(3)10(4)6-8(7)2;1-3(2,4(6,7)8)5(9,10)11;1-3(2)4;1-3-2;1-2-3;1-3-2;1-2;;/h5-10H,11H2,1-4H3;5-10H,1-4H3;5-8H,1-4H3;5-6H,1-4H3;1-2H3;1-2H3;3H2,1-2H3;2H2,1H3;1-2H3;1H3;2*1H4. The topological polar surface area (TPSA) is 26.3 Å². The second kappa shape index (κ2) is 43.5. The highest BCUT2D eigenvalue weighted by molar-refractivity contribution is 5.93. The van der Waals surface area contributed by atoms with Gasteiger partial charge in [0.05, 0.1) is 13.9 Å². The molecule has 7 aromatic rings. The van der Waals surface area contributed by atoms with E-state index in [1.54, 1.807) is 14.2 Å². The molecule has 0 amide bonds. The molecule has 0 aliphatic carbocycles. The second-order valence-corrected chi connectivity index (χ2v) is 21.7. The number of benzene rings is 7. The predicted octanol–water partition coefficient (Wildman–Crippen LogP) is 24.3. The molecule has 7 rings (SSSR count). The van der Waals surface area contributed by atoms with Crippen molar-refractivity contribution in [3.8, 4) is 11.1 Å². The van der Waals surface area contributed by atoms with Gasteiger partial charge in [-0.15, -0.1) is 0 Å². The van der Waals surface area contributed by atoms with Gasteiger partial charge in [-0.25, -0.2) is 0 Å². The van der Waals surface area contributed by atoms with Gasteiger partial charge in [-0.1, -0.05) is 144 Å². The van der Waals surface area contributed by atoms with E-state index in [1.165, 1.54) is 149 Å². The Kier molecular flexibility index (Phi) is 44.8. The summed E-state index contributed by atoms with van der Waals surface area (Å²) in [6.45, 7) is 43.4. The van der Waals surface area contributed by atoms with E-state index in [-0.39, 0.29) is 41.2 Å². The molecule has 0 saturated carbocycles. The fourth-order valence-electron chi connectivity index (χ4n) is 7.41. The molecule has 85 heavy (non-hydrogen) atoms. The lowest BCUT2D eigenvalue weighted by atomic mass is 9.92. The van der Waals surface area contributed by atoms with Crippen molar-refractivity contribution in [1.29, 1.82) is 0 Å². The first-order valence-electron chi connectivity index (χ1n) is 28.1. The molecule has 10 heteroatoms. The number of halogens is 8. The summed E-state index contributed by atoms with van der Waals surface area (Å²) in [5.41, 5.74) is 23.8. The van der Waals surface area contributed by atoms with Crippen LogP contribution in [0.3, 0.4) is 0 Å². The van der Waals surface area contributed by atoms with E-state index in [0.717, 1.165) is 6.42 Å².